The van der Waals surface area contributed by atoms with Crippen molar-refractivity contribution in [3.8, 4) is 5.75 Å². The van der Waals surface area contributed by atoms with E-state index in [-0.39, 0.29) is 18.6 Å². The van der Waals surface area contributed by atoms with Crippen molar-refractivity contribution in [3.05, 3.63) is 75.8 Å². The van der Waals surface area contributed by atoms with Crippen LogP contribution in [0.1, 0.15) is 29.7 Å². The zero-order valence-corrected chi connectivity index (χ0v) is 16.8. The highest BCUT2D eigenvalue weighted by Crippen LogP contribution is 2.33. The zero-order valence-electron chi connectivity index (χ0n) is 15.2. The molecular formula is C22H22BrNO2. The second kappa shape index (κ2) is 7.92. The fourth-order valence-electron chi connectivity index (χ4n) is 3.06. The maximum atomic E-state index is 12.3. The normalized spacial score (nSPS) is 12.0. The average Bonchev–Trinajstić information content (AvgIpc) is 2.63. The minimum atomic E-state index is -0.140. The molecule has 4 heteroatoms. The molecule has 0 aromatic heterocycles. The first-order valence-corrected chi connectivity index (χ1v) is 9.41. The molecule has 0 fully saturated rings. The number of fused-ring (bicyclic) bond motifs is 1. The van der Waals surface area contributed by atoms with E-state index in [0.29, 0.717) is 5.75 Å². The van der Waals surface area contributed by atoms with Crippen LogP contribution in [0.15, 0.2) is 59.1 Å². The summed E-state index contributed by atoms with van der Waals surface area (Å²) in [5, 5.41) is 5.20. The minimum Gasteiger partial charge on any atom is -0.483 e. The Morgan fingerprint density at radius 2 is 1.88 bits per heavy atom. The zero-order chi connectivity index (χ0) is 18.7. The van der Waals surface area contributed by atoms with Gasteiger partial charge in [0.1, 0.15) is 5.75 Å². The van der Waals surface area contributed by atoms with Crippen LogP contribution in [0.3, 0.4) is 0 Å². The van der Waals surface area contributed by atoms with Crippen LogP contribution in [0.5, 0.6) is 5.75 Å². The van der Waals surface area contributed by atoms with Gasteiger partial charge in [0.2, 0.25) is 0 Å². The van der Waals surface area contributed by atoms with Crippen molar-refractivity contribution < 1.29 is 9.53 Å². The lowest BCUT2D eigenvalue weighted by atomic mass is 10.00. The van der Waals surface area contributed by atoms with E-state index in [1.165, 1.54) is 11.1 Å². The Bertz CT molecular complexity index is 952. The Hall–Kier alpha value is -2.33. The monoisotopic (exact) mass is 411 g/mol. The molecule has 1 amide bonds. The summed E-state index contributed by atoms with van der Waals surface area (Å²) < 4.78 is 6.61. The molecule has 134 valence electrons. The Kier molecular flexibility index (Phi) is 5.62. The van der Waals surface area contributed by atoms with Gasteiger partial charge in [-0.3, -0.25) is 4.79 Å². The maximum Gasteiger partial charge on any atom is 0.258 e. The molecule has 0 aliphatic heterocycles. The lowest BCUT2D eigenvalue weighted by Gasteiger charge is -2.18. The summed E-state index contributed by atoms with van der Waals surface area (Å²) >= 11 is 3.58. The van der Waals surface area contributed by atoms with Gasteiger partial charge in [-0.05, 0) is 64.7 Å². The standard InChI is InChI=1S/C22H22BrNO2/c1-14-8-9-15(2)19(12-14)16(3)24-21(25)13-26-20-11-10-17-6-4-5-7-18(17)22(20)23/h4-12,16H,13H2,1-3H3,(H,24,25)/t16-/m0/s1. The van der Waals surface area contributed by atoms with Gasteiger partial charge in [0.25, 0.3) is 5.91 Å². The largest absolute Gasteiger partial charge is 0.483 e. The predicted octanol–water partition coefficient (Wildman–Crippen LogP) is 5.48. The maximum absolute atomic E-state index is 12.3. The number of halogens is 1. The van der Waals surface area contributed by atoms with Crippen molar-refractivity contribution in [3.63, 3.8) is 0 Å². The van der Waals surface area contributed by atoms with E-state index in [1.54, 1.807) is 0 Å². The third kappa shape index (κ3) is 4.07. The van der Waals surface area contributed by atoms with Crippen molar-refractivity contribution >= 4 is 32.6 Å². The summed E-state index contributed by atoms with van der Waals surface area (Å²) in [5.74, 6) is 0.525. The quantitative estimate of drug-likeness (QED) is 0.603. The number of rotatable bonds is 5. The predicted molar refractivity (Wildman–Crippen MR) is 110 cm³/mol. The van der Waals surface area contributed by atoms with Gasteiger partial charge in [-0.25, -0.2) is 0 Å². The van der Waals surface area contributed by atoms with Gasteiger partial charge in [0.05, 0.1) is 10.5 Å². The van der Waals surface area contributed by atoms with Crippen molar-refractivity contribution in [2.45, 2.75) is 26.8 Å². The number of carbonyl (C=O) groups is 1. The van der Waals surface area contributed by atoms with E-state index in [1.807, 2.05) is 43.3 Å². The number of hydrogen-bond acceptors (Lipinski definition) is 2. The van der Waals surface area contributed by atoms with Crippen molar-refractivity contribution in [2.75, 3.05) is 6.61 Å². The molecule has 0 saturated heterocycles. The minimum absolute atomic E-state index is 0.0217. The van der Waals surface area contributed by atoms with Gasteiger partial charge in [-0.1, -0.05) is 54.1 Å². The number of nitrogens with one attached hydrogen (secondary N) is 1. The first kappa shape index (κ1) is 18.5. The van der Waals surface area contributed by atoms with Crippen molar-refractivity contribution in [1.82, 2.24) is 5.32 Å². The highest BCUT2D eigenvalue weighted by molar-refractivity contribution is 9.10. The Labute approximate surface area is 162 Å². The van der Waals surface area contributed by atoms with Crippen LogP contribution in [-0.2, 0) is 4.79 Å². The van der Waals surface area contributed by atoms with Gasteiger partial charge in [0.15, 0.2) is 6.61 Å². The molecule has 3 aromatic rings. The Morgan fingerprint density at radius 3 is 2.69 bits per heavy atom. The molecule has 1 atom stereocenters. The highest BCUT2D eigenvalue weighted by atomic mass is 79.9. The van der Waals surface area contributed by atoms with E-state index in [9.17, 15) is 4.79 Å². The smallest absolute Gasteiger partial charge is 0.258 e. The Morgan fingerprint density at radius 1 is 1.12 bits per heavy atom. The first-order valence-electron chi connectivity index (χ1n) is 8.62. The lowest BCUT2D eigenvalue weighted by Crippen LogP contribution is -2.31. The van der Waals surface area contributed by atoms with Crippen LogP contribution < -0.4 is 10.1 Å². The summed E-state index contributed by atoms with van der Waals surface area (Å²) in [4.78, 5) is 12.3. The molecule has 1 N–H and O–H groups in total. The molecule has 0 unspecified atom stereocenters. The molecule has 0 bridgehead atoms. The van der Waals surface area contributed by atoms with Crippen LogP contribution in [0.4, 0.5) is 0 Å². The summed E-state index contributed by atoms with van der Waals surface area (Å²) in [6.45, 7) is 6.08. The molecule has 26 heavy (non-hydrogen) atoms. The first-order chi connectivity index (χ1) is 12.5. The van der Waals surface area contributed by atoms with Gasteiger partial charge in [-0.15, -0.1) is 0 Å². The molecule has 0 spiro atoms. The molecular weight excluding hydrogens is 390 g/mol. The SMILES string of the molecule is Cc1ccc(C)c([C@H](C)NC(=O)COc2ccc3ccccc3c2Br)c1. The van der Waals surface area contributed by atoms with Gasteiger partial charge >= 0.3 is 0 Å². The average molecular weight is 412 g/mol. The summed E-state index contributed by atoms with van der Waals surface area (Å²) in [6.07, 6.45) is 0. The second-order valence-corrected chi connectivity index (χ2v) is 7.33. The van der Waals surface area contributed by atoms with Crippen LogP contribution in [-0.4, -0.2) is 12.5 Å². The van der Waals surface area contributed by atoms with Crippen LogP contribution in [0, 0.1) is 13.8 Å². The fourth-order valence-corrected chi connectivity index (χ4v) is 3.66. The number of amides is 1. The van der Waals surface area contributed by atoms with Gasteiger partial charge in [0, 0.05) is 0 Å². The van der Waals surface area contributed by atoms with Crippen LogP contribution >= 0.6 is 15.9 Å². The fraction of sp³-hybridized carbons (Fsp3) is 0.227. The summed E-state index contributed by atoms with van der Waals surface area (Å²) in [5.41, 5.74) is 3.48. The number of benzene rings is 3. The van der Waals surface area contributed by atoms with E-state index < -0.39 is 0 Å². The number of hydrogen-bond donors (Lipinski definition) is 1. The third-order valence-corrected chi connectivity index (χ3v) is 5.28. The van der Waals surface area contributed by atoms with E-state index >= 15 is 0 Å². The van der Waals surface area contributed by atoms with E-state index in [0.717, 1.165) is 20.8 Å². The highest BCUT2D eigenvalue weighted by Gasteiger charge is 2.13. The molecule has 3 aromatic carbocycles. The molecule has 0 aliphatic carbocycles. The van der Waals surface area contributed by atoms with Crippen molar-refractivity contribution in [1.29, 1.82) is 0 Å². The Balaban J connectivity index is 1.66. The second-order valence-electron chi connectivity index (χ2n) is 6.54. The van der Waals surface area contributed by atoms with Crippen LogP contribution in [0.2, 0.25) is 0 Å². The molecule has 3 nitrogen and oxygen atoms in total. The molecule has 0 saturated carbocycles. The lowest BCUT2D eigenvalue weighted by molar-refractivity contribution is -0.123. The number of carbonyl (C=O) groups excluding carboxylic acids is 1. The number of aryl methyl sites for hydroxylation is 2. The van der Waals surface area contributed by atoms with E-state index in [2.05, 4.69) is 53.3 Å². The number of ether oxygens (including phenoxy) is 1. The van der Waals surface area contributed by atoms with Gasteiger partial charge < -0.3 is 10.1 Å². The molecule has 3 rings (SSSR count). The third-order valence-electron chi connectivity index (χ3n) is 4.47. The van der Waals surface area contributed by atoms with E-state index in [4.69, 9.17) is 4.74 Å². The summed E-state index contributed by atoms with van der Waals surface area (Å²) in [6, 6.07) is 18.1. The molecule has 0 heterocycles. The molecule has 0 radical (unpaired) electrons. The topological polar surface area (TPSA) is 38.3 Å². The summed E-state index contributed by atoms with van der Waals surface area (Å²) in [7, 11) is 0. The van der Waals surface area contributed by atoms with Gasteiger partial charge in [-0.2, -0.15) is 0 Å². The van der Waals surface area contributed by atoms with Crippen LogP contribution in [0.25, 0.3) is 10.8 Å². The van der Waals surface area contributed by atoms with Crippen molar-refractivity contribution in [2.24, 2.45) is 0 Å². The molecule has 0 aliphatic rings.